The number of nitrogens with zero attached hydrogens (tertiary/aromatic N) is 5. The van der Waals surface area contributed by atoms with Crippen molar-refractivity contribution in [3.8, 4) is 40.3 Å². The predicted molar refractivity (Wildman–Crippen MR) is 309 cm³/mol. The van der Waals surface area contributed by atoms with Gasteiger partial charge in [-0.25, -0.2) is 4.98 Å². The number of pyridine rings is 1. The Morgan fingerprint density at radius 3 is 1.57 bits per heavy atom. The summed E-state index contributed by atoms with van der Waals surface area (Å²) < 4.78 is 23.7. The molecule has 0 N–H and O–H groups in total. The van der Waals surface area contributed by atoms with Crippen LogP contribution in [0.1, 0.15) is 130 Å². The van der Waals surface area contributed by atoms with E-state index in [2.05, 4.69) is 250 Å². The Kier molecular flexibility index (Phi) is 9.83. The molecule has 0 unspecified atom stereocenters. The minimum atomic E-state index is -0.307. The fourth-order valence-electron chi connectivity index (χ4n) is 11.8. The van der Waals surface area contributed by atoms with Gasteiger partial charge in [0.1, 0.15) is 29.7 Å². The Balaban J connectivity index is 0.911. The number of anilines is 7. The number of hydrogen-bond donors (Lipinski definition) is 0. The molecule has 0 radical (unpaired) electrons. The van der Waals surface area contributed by atoms with Gasteiger partial charge in [0.2, 0.25) is 0 Å². The van der Waals surface area contributed by atoms with E-state index in [9.17, 15) is 0 Å². The van der Waals surface area contributed by atoms with E-state index in [0.29, 0.717) is 6.67 Å². The van der Waals surface area contributed by atoms with Gasteiger partial charge >= 0.3 is 0 Å². The second kappa shape index (κ2) is 15.7. The first kappa shape index (κ1) is 47.0. The standard InChI is InChI=1S/C67H67N5O3/c1-63(2,3)39-25-26-68-59(33-39)71-51-20-16-15-19-47(51)48-24-23-45(37-54(48)71)73-46-28-40(64(4,5)6)27-43(34-46)69-38-70(53-22-18-17-21-52(53)69)44-35-57-62-58(36-44)75-56-32-42(66(10,11)12)30-50-61(56)72(62)60-49(67(50,13)14)29-41(65(7,8)9)31-55(60)74-57/h15-37H,38H2,1-14H3. The lowest BCUT2D eigenvalue weighted by Gasteiger charge is -2.48. The third-order valence-electron chi connectivity index (χ3n) is 16.2. The third-order valence-corrected chi connectivity index (χ3v) is 16.2. The highest BCUT2D eigenvalue weighted by molar-refractivity contribution is 6.09. The van der Waals surface area contributed by atoms with Crippen LogP contribution in [0, 0.1) is 0 Å². The van der Waals surface area contributed by atoms with E-state index >= 15 is 0 Å². The Morgan fingerprint density at radius 1 is 0.467 bits per heavy atom. The summed E-state index contributed by atoms with van der Waals surface area (Å²) in [5, 5.41) is 2.33. The minimum absolute atomic E-state index is 0.0270. The summed E-state index contributed by atoms with van der Waals surface area (Å²) in [5.41, 5.74) is 16.3. The highest BCUT2D eigenvalue weighted by Crippen LogP contribution is 2.68. The van der Waals surface area contributed by atoms with Gasteiger partial charge in [-0.15, -0.1) is 0 Å². The SMILES string of the molecule is CC(C)(C)c1cc(Oc2ccc3c4ccccc4n(-c4cc(C(C)(C)C)ccn4)c3c2)cc(N2CN(c3cc4c5c(c3)Oc3cc(C(C)(C)C)cc6c3N5c3c(cc(C(C)(C)C)cc3C6(C)C)O4)c3ccccc32)c1. The van der Waals surface area contributed by atoms with E-state index in [-0.39, 0.29) is 27.1 Å². The highest BCUT2D eigenvalue weighted by atomic mass is 16.5. The maximum atomic E-state index is 7.19. The van der Waals surface area contributed by atoms with Gasteiger partial charge in [-0.05, 0) is 122 Å². The lowest BCUT2D eigenvalue weighted by atomic mass is 9.69. The van der Waals surface area contributed by atoms with Crippen molar-refractivity contribution in [1.82, 2.24) is 9.55 Å². The van der Waals surface area contributed by atoms with Crippen LogP contribution in [-0.2, 0) is 27.1 Å². The molecule has 0 saturated heterocycles. The molecule has 378 valence electrons. The van der Waals surface area contributed by atoms with Gasteiger partial charge in [0.15, 0.2) is 23.0 Å². The summed E-state index contributed by atoms with van der Waals surface area (Å²) in [6, 6.07) is 48.6. The van der Waals surface area contributed by atoms with Crippen LogP contribution in [0.4, 0.5) is 39.8 Å². The Hall–Kier alpha value is -7.71. The van der Waals surface area contributed by atoms with E-state index in [4.69, 9.17) is 19.2 Å². The number of hydrogen-bond acceptors (Lipinski definition) is 7. The molecule has 75 heavy (non-hydrogen) atoms. The molecule has 0 bridgehead atoms. The molecule has 8 nitrogen and oxygen atoms in total. The summed E-state index contributed by atoms with van der Waals surface area (Å²) in [5.74, 6) is 5.72. The number of para-hydroxylation sites is 3. The molecule has 4 aliphatic rings. The maximum Gasteiger partial charge on any atom is 0.157 e. The van der Waals surface area contributed by atoms with Gasteiger partial charge in [0.25, 0.3) is 0 Å². The molecule has 8 heteroatoms. The summed E-state index contributed by atoms with van der Waals surface area (Å²) in [6.07, 6.45) is 1.93. The number of aromatic nitrogens is 2. The second-order valence-electron chi connectivity index (χ2n) is 25.9. The normalized spacial score (nSPS) is 15.3. The van der Waals surface area contributed by atoms with E-state index in [1.807, 2.05) is 6.20 Å². The zero-order valence-electron chi connectivity index (χ0n) is 45.9. The zero-order chi connectivity index (χ0) is 52.5. The number of rotatable bonds is 5. The van der Waals surface area contributed by atoms with Crippen molar-refractivity contribution in [2.45, 2.75) is 124 Å². The summed E-state index contributed by atoms with van der Waals surface area (Å²) in [7, 11) is 0. The quantitative estimate of drug-likeness (QED) is 0.170. The molecule has 0 saturated carbocycles. The molecule has 0 fully saturated rings. The first-order valence-corrected chi connectivity index (χ1v) is 26.6. The second-order valence-corrected chi connectivity index (χ2v) is 25.9. The van der Waals surface area contributed by atoms with Crippen LogP contribution in [0.5, 0.6) is 34.5 Å². The third kappa shape index (κ3) is 7.33. The van der Waals surface area contributed by atoms with Crippen LogP contribution >= 0.6 is 0 Å². The van der Waals surface area contributed by atoms with Crippen molar-refractivity contribution in [1.29, 1.82) is 0 Å². The summed E-state index contributed by atoms with van der Waals surface area (Å²) in [6.45, 7) is 32.5. The van der Waals surface area contributed by atoms with Crippen LogP contribution in [0.2, 0.25) is 0 Å². The van der Waals surface area contributed by atoms with Crippen molar-refractivity contribution >= 4 is 61.6 Å². The number of fused-ring (bicyclic) bond motifs is 4. The van der Waals surface area contributed by atoms with Gasteiger partial charge in [-0.1, -0.05) is 139 Å². The molecule has 2 aromatic heterocycles. The van der Waals surface area contributed by atoms with Crippen LogP contribution < -0.4 is 28.9 Å². The van der Waals surface area contributed by atoms with E-state index in [0.717, 1.165) is 96.5 Å². The molecule has 7 aromatic carbocycles. The average Bonchev–Trinajstić information content (AvgIpc) is 4.01. The van der Waals surface area contributed by atoms with Gasteiger partial charge < -0.3 is 24.0 Å². The minimum Gasteiger partial charge on any atom is -0.457 e. The van der Waals surface area contributed by atoms with Crippen molar-refractivity contribution < 1.29 is 14.2 Å². The van der Waals surface area contributed by atoms with Crippen LogP contribution in [0.15, 0.2) is 140 Å². The molecule has 0 amide bonds. The molecular weight excluding hydrogens is 923 g/mol. The first-order chi connectivity index (χ1) is 35.4. The molecule has 9 aromatic rings. The van der Waals surface area contributed by atoms with Crippen molar-refractivity contribution in [2.24, 2.45) is 0 Å². The number of ether oxygens (including phenoxy) is 3. The molecule has 6 heterocycles. The maximum absolute atomic E-state index is 7.19. The summed E-state index contributed by atoms with van der Waals surface area (Å²) in [4.78, 5) is 12.2. The fraction of sp³-hybridized carbons (Fsp3) is 0.299. The highest BCUT2D eigenvalue weighted by Gasteiger charge is 2.48. The van der Waals surface area contributed by atoms with Gasteiger partial charge in [0.05, 0.1) is 39.5 Å². The predicted octanol–water partition coefficient (Wildman–Crippen LogP) is 18.7. The van der Waals surface area contributed by atoms with E-state index < -0.39 is 0 Å². The van der Waals surface area contributed by atoms with Crippen molar-refractivity contribution in [3.63, 3.8) is 0 Å². The van der Waals surface area contributed by atoms with E-state index in [1.54, 1.807) is 0 Å². The monoisotopic (exact) mass is 990 g/mol. The lowest BCUT2D eigenvalue weighted by molar-refractivity contribution is 0.434. The fourth-order valence-corrected chi connectivity index (χ4v) is 11.8. The van der Waals surface area contributed by atoms with Crippen LogP contribution in [0.3, 0.4) is 0 Å². The van der Waals surface area contributed by atoms with Crippen LogP contribution in [0.25, 0.3) is 27.6 Å². The lowest BCUT2D eigenvalue weighted by Crippen LogP contribution is -2.35. The van der Waals surface area contributed by atoms with Crippen molar-refractivity contribution in [2.75, 3.05) is 21.4 Å². The van der Waals surface area contributed by atoms with E-state index in [1.165, 1.54) is 38.8 Å². The molecular formula is C67H67N5O3. The first-order valence-electron chi connectivity index (χ1n) is 26.6. The van der Waals surface area contributed by atoms with Gasteiger partial charge in [-0.3, -0.25) is 9.47 Å². The Morgan fingerprint density at radius 2 is 0.987 bits per heavy atom. The zero-order valence-corrected chi connectivity index (χ0v) is 45.9. The molecule has 13 rings (SSSR count). The molecule has 0 aliphatic carbocycles. The summed E-state index contributed by atoms with van der Waals surface area (Å²) >= 11 is 0. The Bertz CT molecular complexity index is 3790. The molecule has 4 aliphatic heterocycles. The topological polar surface area (TPSA) is 55.2 Å². The largest absolute Gasteiger partial charge is 0.457 e. The average molecular weight is 990 g/mol. The number of benzene rings is 7. The van der Waals surface area contributed by atoms with Gasteiger partial charge in [-0.2, -0.15) is 0 Å². The Labute approximate surface area is 442 Å². The van der Waals surface area contributed by atoms with Crippen molar-refractivity contribution in [3.05, 3.63) is 173 Å². The van der Waals surface area contributed by atoms with Crippen LogP contribution in [-0.4, -0.2) is 16.2 Å². The molecule has 0 spiro atoms. The van der Waals surface area contributed by atoms with Gasteiger partial charge in [0, 0.05) is 52.3 Å². The molecule has 0 atom stereocenters. The smallest absolute Gasteiger partial charge is 0.157 e.